The number of methoxy groups -OCH3 is 2. The Hall–Kier alpha value is -2.85. The topological polar surface area (TPSA) is 113 Å². The van der Waals surface area contributed by atoms with E-state index in [1.165, 1.54) is 26.4 Å². The summed E-state index contributed by atoms with van der Waals surface area (Å²) < 4.78 is 10.2. The quantitative estimate of drug-likeness (QED) is 0.510. The number of nitrogens with one attached hydrogen (secondary N) is 2. The molecule has 31 heavy (non-hydrogen) atoms. The summed E-state index contributed by atoms with van der Waals surface area (Å²) >= 11 is 1.14. The van der Waals surface area contributed by atoms with Crippen molar-refractivity contribution in [3.63, 3.8) is 0 Å². The van der Waals surface area contributed by atoms with Gasteiger partial charge < -0.3 is 19.9 Å². The van der Waals surface area contributed by atoms with Crippen molar-refractivity contribution in [3.05, 3.63) is 28.8 Å². The van der Waals surface area contributed by atoms with Gasteiger partial charge in [-0.25, -0.2) is 4.98 Å². The molecule has 0 radical (unpaired) electrons. The number of aromatic hydroxyl groups is 1. The summed E-state index contributed by atoms with van der Waals surface area (Å²) in [5.41, 5.74) is 0.400. The average Bonchev–Trinajstić information content (AvgIpc) is 3.18. The van der Waals surface area contributed by atoms with Crippen molar-refractivity contribution >= 4 is 28.3 Å². The fourth-order valence-electron chi connectivity index (χ4n) is 3.16. The predicted molar refractivity (Wildman–Crippen MR) is 121 cm³/mol. The number of anilines is 1. The van der Waals surface area contributed by atoms with Crippen LogP contribution in [0, 0.1) is 0 Å². The van der Waals surface area contributed by atoms with E-state index in [0.29, 0.717) is 18.6 Å². The first-order valence-electron chi connectivity index (χ1n) is 9.93. The van der Waals surface area contributed by atoms with E-state index in [4.69, 9.17) is 9.47 Å². The van der Waals surface area contributed by atoms with Crippen LogP contribution in [0.3, 0.4) is 0 Å². The average molecular weight is 451 g/mol. The van der Waals surface area contributed by atoms with Gasteiger partial charge in [0.15, 0.2) is 16.6 Å². The molecule has 0 aliphatic carbocycles. The molecular weight excluding hydrogens is 420 g/mol. The summed E-state index contributed by atoms with van der Waals surface area (Å²) in [5.74, 6) is -0.612. The Morgan fingerprint density at radius 2 is 1.74 bits per heavy atom. The molecule has 2 rings (SSSR count). The highest BCUT2D eigenvalue weighted by molar-refractivity contribution is 7.14. The predicted octanol–water partition coefficient (Wildman–Crippen LogP) is 2.97. The van der Waals surface area contributed by atoms with Crippen LogP contribution in [-0.4, -0.2) is 66.2 Å². The lowest BCUT2D eigenvalue weighted by molar-refractivity contribution is 0.0934. The first-order valence-corrected chi connectivity index (χ1v) is 10.8. The second kappa shape index (κ2) is 11.0. The largest absolute Gasteiger partial charge is 0.504 e. The number of hydrogen-bond acceptors (Lipinski definition) is 8. The van der Waals surface area contributed by atoms with Crippen molar-refractivity contribution in [3.8, 4) is 17.2 Å². The monoisotopic (exact) mass is 450 g/mol. The van der Waals surface area contributed by atoms with Crippen LogP contribution < -0.4 is 20.1 Å². The van der Waals surface area contributed by atoms with Crippen LogP contribution in [0.4, 0.5) is 5.13 Å². The van der Waals surface area contributed by atoms with Crippen LogP contribution >= 0.6 is 11.3 Å². The number of amides is 2. The minimum absolute atomic E-state index is 0.141. The molecule has 0 saturated carbocycles. The van der Waals surface area contributed by atoms with Crippen LogP contribution in [-0.2, 0) is 0 Å². The van der Waals surface area contributed by atoms with Crippen LogP contribution in [0.15, 0.2) is 17.5 Å². The van der Waals surface area contributed by atoms with E-state index >= 15 is 0 Å². The molecule has 0 unspecified atom stereocenters. The molecule has 10 heteroatoms. The summed E-state index contributed by atoms with van der Waals surface area (Å²) in [7, 11) is 2.78. The molecule has 9 nitrogen and oxygen atoms in total. The Bertz CT molecular complexity index is 905. The van der Waals surface area contributed by atoms with Crippen LogP contribution in [0.5, 0.6) is 17.2 Å². The highest BCUT2D eigenvalue weighted by Gasteiger charge is 2.19. The Kier molecular flexibility index (Phi) is 8.64. The fraction of sp³-hybridized carbons (Fsp3) is 0.476. The fourth-order valence-corrected chi connectivity index (χ4v) is 3.85. The number of phenols is 1. The van der Waals surface area contributed by atoms with Gasteiger partial charge in [-0.05, 0) is 27.7 Å². The smallest absolute Gasteiger partial charge is 0.270 e. The number of aromatic nitrogens is 1. The molecule has 3 N–H and O–H groups in total. The van der Waals surface area contributed by atoms with Gasteiger partial charge in [-0.2, -0.15) is 0 Å². The lowest BCUT2D eigenvalue weighted by Gasteiger charge is -2.30. The number of nitrogens with zero attached hydrogens (tertiary/aromatic N) is 2. The number of carbonyl (C=O) groups is 2. The number of hydrogen-bond donors (Lipinski definition) is 3. The molecule has 1 aromatic carbocycles. The van der Waals surface area contributed by atoms with Crippen LogP contribution in [0.1, 0.15) is 48.5 Å². The van der Waals surface area contributed by atoms with E-state index in [9.17, 15) is 14.7 Å². The number of thiazole rings is 1. The SMILES string of the molecule is COc1cc(C(=O)Nc2nc(C(=O)NCCN(C(C)C)C(C)C)cs2)c(OC)cc1O. The zero-order chi connectivity index (χ0) is 23.1. The molecule has 0 aliphatic rings. The number of carbonyl (C=O) groups excluding carboxylic acids is 2. The van der Waals surface area contributed by atoms with Crippen molar-refractivity contribution in [1.82, 2.24) is 15.2 Å². The summed E-state index contributed by atoms with van der Waals surface area (Å²) in [5, 5.41) is 17.2. The van der Waals surface area contributed by atoms with Gasteiger partial charge >= 0.3 is 0 Å². The summed E-state index contributed by atoms with van der Waals surface area (Å²) in [6, 6.07) is 3.44. The lowest BCUT2D eigenvalue weighted by Crippen LogP contribution is -2.42. The maximum absolute atomic E-state index is 12.7. The first-order chi connectivity index (χ1) is 14.7. The number of ether oxygens (including phenoxy) is 2. The van der Waals surface area contributed by atoms with Gasteiger partial charge in [0.05, 0.1) is 19.8 Å². The van der Waals surface area contributed by atoms with Crippen molar-refractivity contribution in [2.75, 3.05) is 32.6 Å². The molecule has 0 saturated heterocycles. The van der Waals surface area contributed by atoms with Gasteiger partial charge in [0.2, 0.25) is 0 Å². The Morgan fingerprint density at radius 1 is 1.10 bits per heavy atom. The normalized spacial score (nSPS) is 11.1. The Morgan fingerprint density at radius 3 is 2.32 bits per heavy atom. The maximum atomic E-state index is 12.7. The molecular formula is C21H30N4O5S. The molecule has 2 aromatic rings. The highest BCUT2D eigenvalue weighted by Crippen LogP contribution is 2.34. The second-order valence-electron chi connectivity index (χ2n) is 7.40. The summed E-state index contributed by atoms with van der Waals surface area (Å²) in [4.78, 5) is 31.5. The van der Waals surface area contributed by atoms with E-state index < -0.39 is 5.91 Å². The molecule has 0 aliphatic heterocycles. The van der Waals surface area contributed by atoms with Crippen molar-refractivity contribution in [2.24, 2.45) is 0 Å². The third-order valence-electron chi connectivity index (χ3n) is 4.69. The van der Waals surface area contributed by atoms with Gasteiger partial charge in [-0.3, -0.25) is 19.8 Å². The molecule has 1 aromatic heterocycles. The Balaban J connectivity index is 2.01. The van der Waals surface area contributed by atoms with Crippen molar-refractivity contribution < 1.29 is 24.2 Å². The van der Waals surface area contributed by atoms with Gasteiger partial charge in [0.1, 0.15) is 11.4 Å². The van der Waals surface area contributed by atoms with Gasteiger partial charge in [0.25, 0.3) is 11.8 Å². The van der Waals surface area contributed by atoms with E-state index in [-0.39, 0.29) is 39.5 Å². The molecule has 0 atom stereocenters. The number of benzene rings is 1. The molecule has 170 valence electrons. The maximum Gasteiger partial charge on any atom is 0.270 e. The number of phenolic OH excluding ortho intramolecular Hbond substituents is 1. The molecule has 0 spiro atoms. The minimum Gasteiger partial charge on any atom is -0.504 e. The van der Waals surface area contributed by atoms with Crippen LogP contribution in [0.2, 0.25) is 0 Å². The first kappa shape index (κ1) is 24.4. The third kappa shape index (κ3) is 6.31. The van der Waals surface area contributed by atoms with Crippen molar-refractivity contribution in [2.45, 2.75) is 39.8 Å². The van der Waals surface area contributed by atoms with Gasteiger partial charge in [-0.15, -0.1) is 11.3 Å². The highest BCUT2D eigenvalue weighted by atomic mass is 32.1. The minimum atomic E-state index is -0.499. The standard InChI is InChI=1S/C21H30N4O5S/c1-12(2)25(13(3)4)8-7-22-20(28)15-11-31-21(23-15)24-19(27)14-9-18(30-6)16(26)10-17(14)29-5/h9-13,26H,7-8H2,1-6H3,(H,22,28)(H,23,24,27). The second-order valence-corrected chi connectivity index (χ2v) is 8.26. The molecule has 0 bridgehead atoms. The third-order valence-corrected chi connectivity index (χ3v) is 5.44. The van der Waals surface area contributed by atoms with Crippen LogP contribution in [0.25, 0.3) is 0 Å². The van der Waals surface area contributed by atoms with Gasteiger partial charge in [-0.1, -0.05) is 0 Å². The molecule has 1 heterocycles. The van der Waals surface area contributed by atoms with Crippen molar-refractivity contribution in [1.29, 1.82) is 0 Å². The summed E-state index contributed by atoms with van der Waals surface area (Å²) in [6.45, 7) is 9.72. The van der Waals surface area contributed by atoms with E-state index in [0.717, 1.165) is 17.9 Å². The zero-order valence-electron chi connectivity index (χ0n) is 18.7. The Labute approximate surface area is 186 Å². The lowest BCUT2D eigenvalue weighted by atomic mass is 10.1. The zero-order valence-corrected chi connectivity index (χ0v) is 19.5. The van der Waals surface area contributed by atoms with Gasteiger partial charge in [0, 0.05) is 42.7 Å². The molecule has 2 amide bonds. The number of rotatable bonds is 10. The summed E-state index contributed by atoms with van der Waals surface area (Å²) in [6.07, 6.45) is 0. The van der Waals surface area contributed by atoms with E-state index in [1.807, 2.05) is 0 Å². The van der Waals surface area contributed by atoms with E-state index in [1.54, 1.807) is 5.38 Å². The molecule has 0 fully saturated rings. The van der Waals surface area contributed by atoms with E-state index in [2.05, 4.69) is 48.2 Å².